The molecule has 0 fully saturated rings. The first-order chi connectivity index (χ1) is 19.6. The molecular formula is C25H55NO14Si3. The third-order valence-corrected chi connectivity index (χ3v) is 18.3. The minimum atomic E-state index is -2.58. The van der Waals surface area contributed by atoms with Gasteiger partial charge in [0.15, 0.2) is 28.5 Å². The van der Waals surface area contributed by atoms with Gasteiger partial charge in [-0.25, -0.2) is 0 Å². The molecule has 0 aromatic carbocycles. The van der Waals surface area contributed by atoms with Gasteiger partial charge < -0.3 is 64.6 Å². The number of amides is 1. The molecule has 0 saturated carbocycles. The lowest BCUT2D eigenvalue weighted by atomic mass is 9.98. The van der Waals surface area contributed by atoms with Gasteiger partial charge in [-0.05, 0) is 64.2 Å². The van der Waals surface area contributed by atoms with Gasteiger partial charge in [0, 0.05) is 13.0 Å². The van der Waals surface area contributed by atoms with Crippen molar-refractivity contribution in [2.24, 2.45) is 0 Å². The van der Waals surface area contributed by atoms with Crippen LogP contribution in [0.2, 0.25) is 51.4 Å². The third-order valence-electron chi connectivity index (χ3n) is 6.86. The molecular weight excluding hydrogens is 623 g/mol. The minimum absolute atomic E-state index is 0.0420. The fourth-order valence-electron chi connectivity index (χ4n) is 4.67. The SMILES string of the molecule is C[Si](C)(CCCCC(=O)C(O)C(O)C(O)C(O)CO)O[Si](C)(C)O[Si](C)(C)CCCNC(=O)C(O)C(O)C(O)C(O)CO. The zero-order valence-electron chi connectivity index (χ0n) is 26.1. The van der Waals surface area contributed by atoms with Gasteiger partial charge >= 0.3 is 8.56 Å². The van der Waals surface area contributed by atoms with E-state index in [1.54, 1.807) is 0 Å². The molecule has 256 valence electrons. The number of aliphatic hydroxyl groups excluding tert-OH is 10. The predicted molar refractivity (Wildman–Crippen MR) is 163 cm³/mol. The number of carbonyl (C=O) groups excluding carboxylic acids is 2. The Labute approximate surface area is 256 Å². The maximum atomic E-state index is 12.2. The maximum absolute atomic E-state index is 12.2. The minimum Gasteiger partial charge on any atom is -0.437 e. The summed E-state index contributed by atoms with van der Waals surface area (Å²) in [6.07, 6.45) is -13.4. The highest BCUT2D eigenvalue weighted by atomic mass is 28.5. The van der Waals surface area contributed by atoms with Crippen molar-refractivity contribution >= 4 is 36.9 Å². The molecule has 15 nitrogen and oxygen atoms in total. The Kier molecular flexibility index (Phi) is 18.8. The van der Waals surface area contributed by atoms with Crippen LogP contribution in [0.15, 0.2) is 0 Å². The number of rotatable bonds is 23. The lowest BCUT2D eigenvalue weighted by Gasteiger charge is -2.39. The third kappa shape index (κ3) is 15.9. The molecule has 0 bridgehead atoms. The number of carbonyl (C=O) groups is 2. The van der Waals surface area contributed by atoms with Gasteiger partial charge in [-0.2, -0.15) is 0 Å². The van der Waals surface area contributed by atoms with Gasteiger partial charge in [0.25, 0.3) is 5.91 Å². The van der Waals surface area contributed by atoms with Crippen LogP contribution in [-0.2, 0) is 17.8 Å². The summed E-state index contributed by atoms with van der Waals surface area (Å²) in [5.41, 5.74) is 0. The highest BCUT2D eigenvalue weighted by molar-refractivity contribution is 6.87. The van der Waals surface area contributed by atoms with Crippen LogP contribution in [0.3, 0.4) is 0 Å². The van der Waals surface area contributed by atoms with Crippen molar-refractivity contribution in [1.82, 2.24) is 5.32 Å². The number of unbranched alkanes of at least 4 members (excludes halogenated alkanes) is 1. The first-order valence-electron chi connectivity index (χ1n) is 14.5. The molecule has 0 rings (SSSR count). The first-order valence-corrected chi connectivity index (χ1v) is 23.5. The average Bonchev–Trinajstić information content (AvgIpc) is 2.92. The first kappa shape index (κ1) is 42.3. The Balaban J connectivity index is 4.65. The van der Waals surface area contributed by atoms with E-state index in [9.17, 15) is 50.4 Å². The monoisotopic (exact) mass is 677 g/mol. The van der Waals surface area contributed by atoms with Crippen LogP contribution in [-0.4, -0.2) is 157 Å². The Bertz CT molecular complexity index is 773. The molecule has 18 heteroatoms. The van der Waals surface area contributed by atoms with E-state index in [1.165, 1.54) is 0 Å². The quantitative estimate of drug-likeness (QED) is 0.0387. The van der Waals surface area contributed by atoms with Crippen molar-refractivity contribution in [2.75, 3.05) is 19.8 Å². The molecule has 0 spiro atoms. The van der Waals surface area contributed by atoms with Gasteiger partial charge in [-0.15, -0.1) is 0 Å². The molecule has 0 aliphatic carbocycles. The van der Waals surface area contributed by atoms with Crippen molar-refractivity contribution in [1.29, 1.82) is 0 Å². The second-order valence-electron chi connectivity index (χ2n) is 12.5. The summed E-state index contributed by atoms with van der Waals surface area (Å²) in [5, 5.41) is 97.9. The van der Waals surface area contributed by atoms with Gasteiger partial charge in [0.1, 0.15) is 42.7 Å². The molecule has 8 atom stereocenters. The van der Waals surface area contributed by atoms with Crippen molar-refractivity contribution in [2.45, 2.75) is 126 Å². The van der Waals surface area contributed by atoms with Crippen LogP contribution in [0.1, 0.15) is 25.7 Å². The lowest BCUT2D eigenvalue weighted by Crippen LogP contribution is -2.53. The highest BCUT2D eigenvalue weighted by Gasteiger charge is 2.40. The van der Waals surface area contributed by atoms with Crippen molar-refractivity contribution in [3.63, 3.8) is 0 Å². The normalized spacial score (nSPS) is 18.7. The van der Waals surface area contributed by atoms with E-state index in [4.69, 9.17) is 18.4 Å². The molecule has 11 N–H and O–H groups in total. The predicted octanol–water partition coefficient (Wildman–Crippen LogP) is -2.75. The molecule has 0 radical (unpaired) electrons. The Morgan fingerprint density at radius 2 is 1.05 bits per heavy atom. The van der Waals surface area contributed by atoms with E-state index in [1.807, 2.05) is 39.3 Å². The van der Waals surface area contributed by atoms with Crippen LogP contribution in [0.25, 0.3) is 0 Å². The fourth-order valence-corrected chi connectivity index (χ4v) is 18.8. The number of ketones is 1. The van der Waals surface area contributed by atoms with Crippen molar-refractivity contribution in [3.05, 3.63) is 0 Å². The molecule has 0 aliphatic heterocycles. The zero-order chi connectivity index (χ0) is 33.8. The van der Waals surface area contributed by atoms with Crippen molar-refractivity contribution in [3.8, 4) is 0 Å². The number of Topliss-reactive ketones (excluding diaryl/α,β-unsaturated/α-hetero) is 1. The van der Waals surface area contributed by atoms with Crippen LogP contribution in [0.4, 0.5) is 0 Å². The summed E-state index contributed by atoms with van der Waals surface area (Å²) in [6, 6.07) is 1.36. The Morgan fingerprint density at radius 1 is 0.628 bits per heavy atom. The topological polar surface area (TPSA) is 267 Å². The van der Waals surface area contributed by atoms with Gasteiger partial charge in [-0.3, -0.25) is 9.59 Å². The second-order valence-corrected chi connectivity index (χ2v) is 25.0. The summed E-state index contributed by atoms with van der Waals surface area (Å²) in [5.74, 6) is -1.60. The van der Waals surface area contributed by atoms with Crippen LogP contribution in [0, 0.1) is 0 Å². The molecule has 1 amide bonds. The van der Waals surface area contributed by atoms with E-state index >= 15 is 0 Å². The summed E-state index contributed by atoms with van der Waals surface area (Å²) in [4.78, 5) is 24.3. The molecule has 0 heterocycles. The van der Waals surface area contributed by atoms with Crippen molar-refractivity contribution < 1.29 is 68.9 Å². The van der Waals surface area contributed by atoms with Crippen LogP contribution >= 0.6 is 0 Å². The standard InChI is InChI=1S/C25H55NO14Si3/c1-41(2,12-8-7-10-16(29)19(32)22(35)20(33)17(30)14-27)39-43(5,6)40-42(3,4)13-9-11-26-25(38)24(37)23(36)21(34)18(31)15-28/h17-24,27-28,30-37H,7-15H2,1-6H3,(H,26,38). The fraction of sp³-hybridized carbons (Fsp3) is 0.920. The summed E-state index contributed by atoms with van der Waals surface area (Å²) < 4.78 is 13.0. The number of aliphatic hydroxyl groups is 10. The van der Waals surface area contributed by atoms with Gasteiger partial charge in [0.05, 0.1) is 13.2 Å². The summed E-state index contributed by atoms with van der Waals surface area (Å²) >= 11 is 0. The van der Waals surface area contributed by atoms with E-state index in [0.29, 0.717) is 31.4 Å². The summed E-state index contributed by atoms with van der Waals surface area (Å²) in [6.45, 7) is 10.5. The number of hydrogen-bond donors (Lipinski definition) is 11. The Hall–Kier alpha value is -0.689. The molecule has 8 unspecified atom stereocenters. The largest absolute Gasteiger partial charge is 0.437 e. The van der Waals surface area contributed by atoms with Crippen LogP contribution in [0.5, 0.6) is 0 Å². The molecule has 0 aliphatic rings. The highest BCUT2D eigenvalue weighted by Crippen LogP contribution is 2.26. The smallest absolute Gasteiger partial charge is 0.311 e. The molecule has 0 aromatic heterocycles. The van der Waals surface area contributed by atoms with E-state index in [-0.39, 0.29) is 13.0 Å². The maximum Gasteiger partial charge on any atom is 0.311 e. The zero-order valence-corrected chi connectivity index (χ0v) is 29.1. The second kappa shape index (κ2) is 19.1. The number of hydrogen-bond acceptors (Lipinski definition) is 14. The van der Waals surface area contributed by atoms with Crippen LogP contribution < -0.4 is 5.32 Å². The molecule has 43 heavy (non-hydrogen) atoms. The van der Waals surface area contributed by atoms with Gasteiger partial charge in [-0.1, -0.05) is 6.42 Å². The average molecular weight is 678 g/mol. The summed E-state index contributed by atoms with van der Waals surface area (Å²) in [7, 11) is -7.05. The van der Waals surface area contributed by atoms with E-state index in [0.717, 1.165) is 0 Å². The Morgan fingerprint density at radius 3 is 1.49 bits per heavy atom. The number of nitrogens with one attached hydrogen (secondary N) is 1. The molecule has 0 saturated heterocycles. The van der Waals surface area contributed by atoms with E-state index < -0.39 is 98.9 Å². The molecule has 0 aromatic rings. The lowest BCUT2D eigenvalue weighted by molar-refractivity contribution is -0.149. The van der Waals surface area contributed by atoms with E-state index in [2.05, 4.69) is 5.32 Å². The van der Waals surface area contributed by atoms with Gasteiger partial charge in [0.2, 0.25) is 0 Å².